The van der Waals surface area contributed by atoms with E-state index in [0.717, 1.165) is 19.3 Å². The van der Waals surface area contributed by atoms with Crippen molar-refractivity contribution in [1.82, 2.24) is 4.90 Å². The molecule has 1 amide bonds. The Labute approximate surface area is 105 Å². The predicted molar refractivity (Wildman–Crippen MR) is 73.6 cm³/mol. The van der Waals surface area contributed by atoms with Crippen molar-refractivity contribution < 1.29 is 4.79 Å². The molecule has 0 aromatic heterocycles. The smallest absolute Gasteiger partial charge is 0.225 e. The van der Waals surface area contributed by atoms with Gasteiger partial charge in [0.25, 0.3) is 0 Å². The van der Waals surface area contributed by atoms with Gasteiger partial charge in [-0.05, 0) is 19.8 Å². The maximum absolute atomic E-state index is 12.1. The lowest BCUT2D eigenvalue weighted by atomic mass is 10.0. The molecule has 0 heterocycles. The molecule has 0 radical (unpaired) electrons. The summed E-state index contributed by atoms with van der Waals surface area (Å²) in [6.45, 7) is 12.5. The summed E-state index contributed by atoms with van der Waals surface area (Å²) >= 11 is 0. The number of hydrogen-bond donors (Lipinski definition) is 1. The van der Waals surface area contributed by atoms with E-state index < -0.39 is 0 Å². The minimum absolute atomic E-state index is 0.0497. The fraction of sp³-hybridized carbons (Fsp3) is 0.643. The summed E-state index contributed by atoms with van der Waals surface area (Å²) in [5.41, 5.74) is 5.69. The summed E-state index contributed by atoms with van der Waals surface area (Å²) in [5.74, 6) is 0.225. The van der Waals surface area contributed by atoms with Crippen LogP contribution in [-0.4, -0.2) is 29.9 Å². The summed E-state index contributed by atoms with van der Waals surface area (Å²) in [7, 11) is 0. The Kier molecular flexibility index (Phi) is 8.42. The molecule has 0 spiro atoms. The van der Waals surface area contributed by atoms with E-state index in [1.807, 2.05) is 13.8 Å². The Bertz CT molecular complexity index is 239. The third-order valence-corrected chi connectivity index (χ3v) is 2.73. The van der Waals surface area contributed by atoms with Crippen LogP contribution < -0.4 is 5.73 Å². The highest BCUT2D eigenvalue weighted by atomic mass is 16.2. The van der Waals surface area contributed by atoms with E-state index in [2.05, 4.69) is 13.2 Å². The van der Waals surface area contributed by atoms with E-state index in [1.54, 1.807) is 17.1 Å². The van der Waals surface area contributed by atoms with E-state index in [1.165, 1.54) is 0 Å². The van der Waals surface area contributed by atoms with Crippen LogP contribution in [0.5, 0.6) is 0 Å². The first kappa shape index (κ1) is 15.9. The fourth-order valence-corrected chi connectivity index (χ4v) is 1.75. The molecule has 0 fully saturated rings. The Hall–Kier alpha value is -1.09. The Balaban J connectivity index is 4.14. The molecule has 0 saturated carbocycles. The predicted octanol–water partition coefficient (Wildman–Crippen LogP) is 2.34. The first-order chi connectivity index (χ1) is 8.02. The standard InChI is InChI=1S/C14H26N2O/c1-5-10-16(11-6-2)14(17)12(3)8-7-9-13(4)15/h5-6,12-13H,1-2,7-11,15H2,3-4H3. The molecule has 0 rings (SSSR count). The van der Waals surface area contributed by atoms with Crippen LogP contribution in [0.4, 0.5) is 0 Å². The van der Waals surface area contributed by atoms with Crippen LogP contribution in [0.1, 0.15) is 33.1 Å². The SMILES string of the molecule is C=CCN(CC=C)C(=O)C(C)CCCC(C)N. The minimum Gasteiger partial charge on any atom is -0.335 e. The Morgan fingerprint density at radius 1 is 1.24 bits per heavy atom. The van der Waals surface area contributed by atoms with Crippen LogP contribution in [0.2, 0.25) is 0 Å². The van der Waals surface area contributed by atoms with Gasteiger partial charge in [0.05, 0.1) is 0 Å². The van der Waals surface area contributed by atoms with E-state index >= 15 is 0 Å². The molecule has 0 aromatic carbocycles. The average molecular weight is 238 g/mol. The topological polar surface area (TPSA) is 46.3 Å². The summed E-state index contributed by atoms with van der Waals surface area (Å²) in [6, 6.07) is 0.217. The zero-order valence-electron chi connectivity index (χ0n) is 11.2. The molecule has 0 aromatic rings. The second-order valence-corrected chi connectivity index (χ2v) is 4.63. The molecular weight excluding hydrogens is 212 g/mol. The molecule has 17 heavy (non-hydrogen) atoms. The number of carbonyl (C=O) groups is 1. The van der Waals surface area contributed by atoms with Crippen LogP contribution in [0.15, 0.2) is 25.3 Å². The molecule has 98 valence electrons. The van der Waals surface area contributed by atoms with Crippen molar-refractivity contribution in [2.75, 3.05) is 13.1 Å². The van der Waals surface area contributed by atoms with Gasteiger partial charge in [0.2, 0.25) is 5.91 Å². The van der Waals surface area contributed by atoms with E-state index in [9.17, 15) is 4.79 Å². The highest BCUT2D eigenvalue weighted by Gasteiger charge is 2.18. The molecule has 3 nitrogen and oxygen atoms in total. The highest BCUT2D eigenvalue weighted by Crippen LogP contribution is 2.12. The number of carbonyl (C=O) groups excluding carboxylic acids is 1. The summed E-state index contributed by atoms with van der Waals surface area (Å²) in [4.78, 5) is 13.9. The van der Waals surface area contributed by atoms with Crippen molar-refractivity contribution in [3.8, 4) is 0 Å². The minimum atomic E-state index is 0.0497. The lowest BCUT2D eigenvalue weighted by molar-refractivity contribution is -0.134. The average Bonchev–Trinajstić information content (AvgIpc) is 2.27. The lowest BCUT2D eigenvalue weighted by Crippen LogP contribution is -2.35. The van der Waals surface area contributed by atoms with Crippen molar-refractivity contribution in [3.05, 3.63) is 25.3 Å². The van der Waals surface area contributed by atoms with Crippen molar-refractivity contribution in [2.45, 2.75) is 39.2 Å². The molecule has 0 saturated heterocycles. The molecular formula is C14H26N2O. The second-order valence-electron chi connectivity index (χ2n) is 4.63. The first-order valence-corrected chi connectivity index (χ1v) is 6.29. The van der Waals surface area contributed by atoms with Gasteiger partial charge in [0.1, 0.15) is 0 Å². The summed E-state index contributed by atoms with van der Waals surface area (Å²) in [5, 5.41) is 0. The highest BCUT2D eigenvalue weighted by molar-refractivity contribution is 5.78. The van der Waals surface area contributed by atoms with Crippen molar-refractivity contribution in [3.63, 3.8) is 0 Å². The van der Waals surface area contributed by atoms with Crippen LogP contribution in [0, 0.1) is 5.92 Å². The summed E-state index contributed by atoms with van der Waals surface area (Å²) < 4.78 is 0. The van der Waals surface area contributed by atoms with E-state index in [4.69, 9.17) is 5.73 Å². The van der Waals surface area contributed by atoms with E-state index in [-0.39, 0.29) is 17.9 Å². The Morgan fingerprint density at radius 2 is 1.76 bits per heavy atom. The van der Waals surface area contributed by atoms with Gasteiger partial charge in [-0.2, -0.15) is 0 Å². The van der Waals surface area contributed by atoms with Crippen LogP contribution in [0.3, 0.4) is 0 Å². The van der Waals surface area contributed by atoms with Crippen LogP contribution >= 0.6 is 0 Å². The Morgan fingerprint density at radius 3 is 2.18 bits per heavy atom. The van der Waals surface area contributed by atoms with Gasteiger partial charge in [-0.3, -0.25) is 4.79 Å². The largest absolute Gasteiger partial charge is 0.335 e. The quantitative estimate of drug-likeness (QED) is 0.627. The van der Waals surface area contributed by atoms with Crippen molar-refractivity contribution >= 4 is 5.91 Å². The number of rotatable bonds is 9. The van der Waals surface area contributed by atoms with Crippen LogP contribution in [-0.2, 0) is 4.79 Å². The van der Waals surface area contributed by atoms with Gasteiger partial charge in [-0.15, -0.1) is 13.2 Å². The monoisotopic (exact) mass is 238 g/mol. The van der Waals surface area contributed by atoms with Gasteiger partial charge >= 0.3 is 0 Å². The first-order valence-electron chi connectivity index (χ1n) is 6.29. The molecule has 2 unspecified atom stereocenters. The zero-order valence-corrected chi connectivity index (χ0v) is 11.2. The molecule has 0 aliphatic rings. The van der Waals surface area contributed by atoms with Gasteiger partial charge in [-0.25, -0.2) is 0 Å². The number of nitrogens with two attached hydrogens (primary N) is 1. The number of nitrogens with zero attached hydrogens (tertiary/aromatic N) is 1. The number of amides is 1. The zero-order chi connectivity index (χ0) is 13.3. The van der Waals surface area contributed by atoms with Gasteiger partial charge in [0, 0.05) is 25.0 Å². The third-order valence-electron chi connectivity index (χ3n) is 2.73. The van der Waals surface area contributed by atoms with Gasteiger partial charge < -0.3 is 10.6 Å². The van der Waals surface area contributed by atoms with Crippen LogP contribution in [0.25, 0.3) is 0 Å². The maximum atomic E-state index is 12.1. The van der Waals surface area contributed by atoms with Gasteiger partial charge in [0.15, 0.2) is 0 Å². The van der Waals surface area contributed by atoms with Gasteiger partial charge in [-0.1, -0.05) is 25.5 Å². The molecule has 2 N–H and O–H groups in total. The maximum Gasteiger partial charge on any atom is 0.225 e. The third kappa shape index (κ3) is 6.95. The normalized spacial score (nSPS) is 13.8. The molecule has 0 aliphatic carbocycles. The molecule has 0 bridgehead atoms. The molecule has 0 aliphatic heterocycles. The van der Waals surface area contributed by atoms with Crippen molar-refractivity contribution in [2.24, 2.45) is 11.7 Å². The summed E-state index contributed by atoms with van der Waals surface area (Å²) in [6.07, 6.45) is 6.36. The second kappa shape index (κ2) is 8.99. The lowest BCUT2D eigenvalue weighted by Gasteiger charge is -2.23. The number of hydrogen-bond acceptors (Lipinski definition) is 2. The molecule has 3 heteroatoms. The fourth-order valence-electron chi connectivity index (χ4n) is 1.75. The molecule has 2 atom stereocenters. The van der Waals surface area contributed by atoms with Crippen molar-refractivity contribution in [1.29, 1.82) is 0 Å². The van der Waals surface area contributed by atoms with E-state index in [0.29, 0.717) is 13.1 Å².